The first-order chi connectivity index (χ1) is 13.0. The molecular weight excluding hydrogens is 422 g/mol. The summed E-state index contributed by atoms with van der Waals surface area (Å²) in [6.07, 6.45) is -5.08. The zero-order valence-corrected chi connectivity index (χ0v) is 15.7. The smallest absolute Gasteiger partial charge is 0.489 e. The van der Waals surface area contributed by atoms with Crippen molar-refractivity contribution < 1.29 is 27.8 Å². The minimum atomic E-state index is -5.08. The molecule has 0 amide bonds. The Morgan fingerprint density at radius 1 is 1.14 bits per heavy atom. The molecule has 0 aliphatic rings. The van der Waals surface area contributed by atoms with Gasteiger partial charge in [-0.2, -0.15) is 13.2 Å². The molecule has 0 heterocycles. The lowest BCUT2D eigenvalue weighted by atomic mass is 10.2. The molecule has 11 heteroatoms. The normalized spacial score (nSPS) is 10.5. The Morgan fingerprint density at radius 3 is 2.32 bits per heavy atom. The molecule has 5 N–H and O–H groups in total. The van der Waals surface area contributed by atoms with Crippen LogP contribution in [0.5, 0.6) is 5.75 Å². The summed E-state index contributed by atoms with van der Waals surface area (Å²) in [5.41, 5.74) is 12.5. The summed E-state index contributed by atoms with van der Waals surface area (Å²) >= 11 is 12.0. The lowest BCUT2D eigenvalue weighted by Gasteiger charge is -2.09. The van der Waals surface area contributed by atoms with Gasteiger partial charge in [-0.15, -0.1) is 0 Å². The van der Waals surface area contributed by atoms with Gasteiger partial charge in [0.1, 0.15) is 12.4 Å². The molecule has 152 valence electrons. The van der Waals surface area contributed by atoms with Crippen LogP contribution in [-0.4, -0.2) is 23.2 Å². The Morgan fingerprint density at radius 2 is 1.79 bits per heavy atom. The number of aliphatic carboxylic acids is 1. The van der Waals surface area contributed by atoms with Gasteiger partial charge in [0, 0.05) is 15.6 Å². The number of ether oxygens (including phenoxy) is 1. The number of hydrogen-bond acceptors (Lipinski definition) is 3. The largest absolute Gasteiger partial charge is 0.490 e. The maximum atomic E-state index is 10.6. The Kier molecular flexibility index (Phi) is 8.87. The molecule has 28 heavy (non-hydrogen) atoms. The van der Waals surface area contributed by atoms with Crippen molar-refractivity contribution in [2.24, 2.45) is 16.5 Å². The van der Waals surface area contributed by atoms with E-state index in [-0.39, 0.29) is 5.96 Å². The van der Waals surface area contributed by atoms with E-state index in [9.17, 15) is 13.2 Å². The molecule has 0 saturated heterocycles. The molecule has 0 aliphatic carbocycles. The molecule has 2 aromatic carbocycles. The monoisotopic (exact) mass is 437 g/mol. The fourth-order valence-corrected chi connectivity index (χ4v) is 2.18. The number of guanidine groups is 1. The van der Waals surface area contributed by atoms with Crippen molar-refractivity contribution in [3.05, 3.63) is 63.6 Å². The lowest BCUT2D eigenvalue weighted by molar-refractivity contribution is -0.192. The van der Waals surface area contributed by atoms with Crippen LogP contribution >= 0.6 is 23.2 Å². The number of nitrogens with zero attached hydrogens (tertiary/aromatic N) is 1. The van der Waals surface area contributed by atoms with Gasteiger partial charge >= 0.3 is 12.1 Å². The van der Waals surface area contributed by atoms with E-state index in [1.165, 1.54) is 0 Å². The molecule has 0 unspecified atom stereocenters. The van der Waals surface area contributed by atoms with Crippen LogP contribution < -0.4 is 16.2 Å². The number of benzene rings is 2. The van der Waals surface area contributed by atoms with Crippen LogP contribution in [0.2, 0.25) is 10.0 Å². The molecule has 0 radical (unpaired) electrons. The zero-order chi connectivity index (χ0) is 21.3. The number of aliphatic imine (C=N–C) groups is 1. The van der Waals surface area contributed by atoms with Crippen molar-refractivity contribution in [2.75, 3.05) is 0 Å². The fourth-order valence-electron chi connectivity index (χ4n) is 1.72. The van der Waals surface area contributed by atoms with Crippen molar-refractivity contribution in [2.45, 2.75) is 19.3 Å². The Labute approximate surface area is 168 Å². The van der Waals surface area contributed by atoms with Crippen LogP contribution in [0.25, 0.3) is 0 Å². The molecule has 6 nitrogen and oxygen atoms in total. The summed E-state index contributed by atoms with van der Waals surface area (Å²) < 4.78 is 37.5. The van der Waals surface area contributed by atoms with E-state index in [0.29, 0.717) is 23.2 Å². The molecular formula is C17H16Cl2F3N3O3. The Bertz CT molecular complexity index is 842. The van der Waals surface area contributed by atoms with Crippen molar-refractivity contribution >= 4 is 35.1 Å². The molecule has 0 bridgehead atoms. The highest BCUT2D eigenvalue weighted by atomic mass is 35.5. The van der Waals surface area contributed by atoms with Gasteiger partial charge in [-0.05, 0) is 29.8 Å². The van der Waals surface area contributed by atoms with Crippen LogP contribution in [-0.2, 0) is 17.9 Å². The van der Waals surface area contributed by atoms with Crippen molar-refractivity contribution in [3.8, 4) is 5.75 Å². The molecule has 0 aliphatic heterocycles. The SMILES string of the molecule is NC(N)=NCc1cccc(OCc2ccc(Cl)cc2Cl)c1.O=C(O)C(F)(F)F. The summed E-state index contributed by atoms with van der Waals surface area (Å²) in [5, 5.41) is 8.31. The summed E-state index contributed by atoms with van der Waals surface area (Å²) in [6.45, 7) is 0.781. The Balaban J connectivity index is 0.000000480. The van der Waals surface area contributed by atoms with E-state index in [0.717, 1.165) is 16.9 Å². The standard InChI is InChI=1S/C15H15Cl2N3O.C2HF3O2/c16-12-5-4-11(14(17)7-12)9-21-13-3-1-2-10(6-13)8-20-15(18)19;3-2(4,5)1(6)7/h1-7H,8-9H2,(H4,18,19,20);(H,6,7). The first kappa shape index (κ1) is 23.4. The number of nitrogens with two attached hydrogens (primary N) is 2. The number of carboxylic acid groups (broad SMARTS) is 1. The van der Waals surface area contributed by atoms with Gasteiger partial charge in [0.05, 0.1) is 6.54 Å². The van der Waals surface area contributed by atoms with Crippen LogP contribution in [0, 0.1) is 0 Å². The number of hydrogen-bond donors (Lipinski definition) is 3. The van der Waals surface area contributed by atoms with Crippen molar-refractivity contribution in [1.82, 2.24) is 0 Å². The van der Waals surface area contributed by atoms with Gasteiger partial charge in [0.2, 0.25) is 0 Å². The number of alkyl halides is 3. The van der Waals surface area contributed by atoms with E-state index in [1.54, 1.807) is 12.1 Å². The minimum Gasteiger partial charge on any atom is -0.489 e. The van der Waals surface area contributed by atoms with Crippen molar-refractivity contribution in [1.29, 1.82) is 0 Å². The first-order valence-corrected chi connectivity index (χ1v) is 8.26. The van der Waals surface area contributed by atoms with E-state index in [2.05, 4.69) is 4.99 Å². The second kappa shape index (κ2) is 10.6. The fraction of sp³-hybridized carbons (Fsp3) is 0.176. The second-order valence-electron chi connectivity index (χ2n) is 5.22. The quantitative estimate of drug-likeness (QED) is 0.483. The predicted molar refractivity (Wildman–Crippen MR) is 100 cm³/mol. The first-order valence-electron chi connectivity index (χ1n) is 7.50. The molecule has 0 aromatic heterocycles. The molecule has 0 saturated carbocycles. The van der Waals surface area contributed by atoms with Gasteiger partial charge < -0.3 is 21.3 Å². The van der Waals surface area contributed by atoms with Gasteiger partial charge in [0.25, 0.3) is 0 Å². The maximum Gasteiger partial charge on any atom is 0.490 e. The highest BCUT2D eigenvalue weighted by molar-refractivity contribution is 6.35. The third kappa shape index (κ3) is 8.83. The summed E-state index contributed by atoms with van der Waals surface area (Å²) in [4.78, 5) is 12.9. The molecule has 2 rings (SSSR count). The predicted octanol–water partition coefficient (Wildman–Crippen LogP) is 3.98. The number of carbonyl (C=O) groups is 1. The molecule has 0 spiro atoms. The minimum absolute atomic E-state index is 0.0641. The number of halogens is 5. The highest BCUT2D eigenvalue weighted by Gasteiger charge is 2.38. The average Bonchev–Trinajstić information content (AvgIpc) is 2.59. The van der Waals surface area contributed by atoms with Gasteiger partial charge in [0.15, 0.2) is 5.96 Å². The third-order valence-electron chi connectivity index (χ3n) is 2.99. The van der Waals surface area contributed by atoms with Crippen LogP contribution in [0.3, 0.4) is 0 Å². The summed E-state index contributed by atoms with van der Waals surface area (Å²) in [7, 11) is 0. The van der Waals surface area contributed by atoms with Crippen LogP contribution in [0.15, 0.2) is 47.5 Å². The van der Waals surface area contributed by atoms with Crippen molar-refractivity contribution in [3.63, 3.8) is 0 Å². The summed E-state index contributed by atoms with van der Waals surface area (Å²) in [6, 6.07) is 12.9. The topological polar surface area (TPSA) is 111 Å². The third-order valence-corrected chi connectivity index (χ3v) is 3.58. The van der Waals surface area contributed by atoms with Crippen LogP contribution in [0.1, 0.15) is 11.1 Å². The lowest BCUT2D eigenvalue weighted by Crippen LogP contribution is -2.22. The van der Waals surface area contributed by atoms with Gasteiger partial charge in [-0.25, -0.2) is 9.79 Å². The maximum absolute atomic E-state index is 10.6. The number of carboxylic acids is 1. The van der Waals surface area contributed by atoms with Crippen LogP contribution in [0.4, 0.5) is 13.2 Å². The molecule has 2 aromatic rings. The van der Waals surface area contributed by atoms with E-state index >= 15 is 0 Å². The van der Waals surface area contributed by atoms with E-state index in [4.69, 9.17) is 49.3 Å². The second-order valence-corrected chi connectivity index (χ2v) is 6.06. The Hall–Kier alpha value is -2.65. The summed E-state index contributed by atoms with van der Waals surface area (Å²) in [5.74, 6) is -1.97. The zero-order valence-electron chi connectivity index (χ0n) is 14.2. The van der Waals surface area contributed by atoms with Gasteiger partial charge in [-0.1, -0.05) is 41.4 Å². The molecule has 0 atom stereocenters. The highest BCUT2D eigenvalue weighted by Crippen LogP contribution is 2.23. The van der Waals surface area contributed by atoms with E-state index in [1.807, 2.05) is 30.3 Å². The van der Waals surface area contributed by atoms with E-state index < -0.39 is 12.1 Å². The van der Waals surface area contributed by atoms with Gasteiger partial charge in [-0.3, -0.25) is 0 Å². The molecule has 0 fully saturated rings. The average molecular weight is 438 g/mol. The number of rotatable bonds is 5.